The van der Waals surface area contributed by atoms with Gasteiger partial charge >= 0.3 is 5.97 Å². The number of hydrogen-bond acceptors (Lipinski definition) is 3. The maximum Gasteiger partial charge on any atom is 0.326 e. The van der Waals surface area contributed by atoms with Crippen molar-refractivity contribution in [2.75, 3.05) is 6.61 Å². The molecule has 0 saturated heterocycles. The van der Waals surface area contributed by atoms with Crippen molar-refractivity contribution in [2.24, 2.45) is 5.92 Å². The Balaban J connectivity index is 2.47. The number of amides is 1. The van der Waals surface area contributed by atoms with E-state index < -0.39 is 23.7 Å². The summed E-state index contributed by atoms with van der Waals surface area (Å²) in [4.78, 5) is 22.4. The average molecular weight is 269 g/mol. The molecule has 0 aliphatic rings. The lowest BCUT2D eigenvalue weighted by Gasteiger charge is -2.17. The quantitative estimate of drug-likeness (QED) is 0.819. The molecule has 6 heteroatoms. The van der Waals surface area contributed by atoms with Crippen molar-refractivity contribution in [1.82, 2.24) is 5.32 Å². The highest BCUT2D eigenvalue weighted by molar-refractivity contribution is 5.84. The fourth-order valence-electron chi connectivity index (χ4n) is 1.41. The number of benzene rings is 1. The average Bonchev–Trinajstić information content (AvgIpc) is 2.34. The number of nitrogens with one attached hydrogen (secondary N) is 1. The van der Waals surface area contributed by atoms with Crippen LogP contribution < -0.4 is 10.1 Å². The second-order valence-electron chi connectivity index (χ2n) is 4.37. The normalized spacial score (nSPS) is 12.0. The van der Waals surface area contributed by atoms with Gasteiger partial charge in [-0.25, -0.2) is 9.18 Å². The zero-order valence-corrected chi connectivity index (χ0v) is 10.7. The molecule has 0 spiro atoms. The van der Waals surface area contributed by atoms with Crippen molar-refractivity contribution < 1.29 is 23.8 Å². The Labute approximate surface area is 110 Å². The van der Waals surface area contributed by atoms with Crippen LogP contribution in [0.15, 0.2) is 24.3 Å². The van der Waals surface area contributed by atoms with Crippen LogP contribution in [0.2, 0.25) is 0 Å². The van der Waals surface area contributed by atoms with Gasteiger partial charge in [-0.05, 0) is 30.2 Å². The second-order valence-corrected chi connectivity index (χ2v) is 4.37. The zero-order chi connectivity index (χ0) is 14.4. The van der Waals surface area contributed by atoms with Crippen molar-refractivity contribution >= 4 is 11.9 Å². The van der Waals surface area contributed by atoms with E-state index in [1.807, 2.05) is 0 Å². The minimum Gasteiger partial charge on any atom is -0.484 e. The molecule has 0 fully saturated rings. The lowest BCUT2D eigenvalue weighted by molar-refractivity contribution is -0.143. The highest BCUT2D eigenvalue weighted by Gasteiger charge is 2.23. The minimum absolute atomic E-state index is 0.229. The van der Waals surface area contributed by atoms with Gasteiger partial charge in [0.25, 0.3) is 5.91 Å². The molecule has 0 radical (unpaired) electrons. The number of carbonyl (C=O) groups excluding carboxylic acids is 1. The van der Waals surface area contributed by atoms with E-state index in [2.05, 4.69) is 5.32 Å². The number of rotatable bonds is 6. The Morgan fingerprint density at radius 3 is 2.37 bits per heavy atom. The van der Waals surface area contributed by atoms with Gasteiger partial charge in [0, 0.05) is 0 Å². The number of carboxylic acid groups (broad SMARTS) is 1. The first-order chi connectivity index (χ1) is 8.90. The maximum atomic E-state index is 12.6. The van der Waals surface area contributed by atoms with Crippen LogP contribution in [-0.2, 0) is 9.59 Å². The van der Waals surface area contributed by atoms with E-state index in [1.54, 1.807) is 13.8 Å². The summed E-state index contributed by atoms with van der Waals surface area (Å²) in [5.74, 6) is -1.92. The smallest absolute Gasteiger partial charge is 0.326 e. The molecule has 1 rings (SSSR count). The van der Waals surface area contributed by atoms with Crippen LogP contribution in [0.4, 0.5) is 4.39 Å². The predicted octanol–water partition coefficient (Wildman–Crippen LogP) is 1.43. The molecular weight excluding hydrogens is 253 g/mol. The van der Waals surface area contributed by atoms with E-state index in [4.69, 9.17) is 9.84 Å². The summed E-state index contributed by atoms with van der Waals surface area (Å²) in [5, 5.41) is 11.3. The topological polar surface area (TPSA) is 75.6 Å². The van der Waals surface area contributed by atoms with E-state index in [0.717, 1.165) is 0 Å². The molecule has 104 valence electrons. The number of carboxylic acids is 1. The van der Waals surface area contributed by atoms with Crippen LogP contribution in [0, 0.1) is 11.7 Å². The van der Waals surface area contributed by atoms with Gasteiger partial charge in [0.15, 0.2) is 6.61 Å². The first-order valence-corrected chi connectivity index (χ1v) is 5.80. The Morgan fingerprint density at radius 1 is 1.32 bits per heavy atom. The summed E-state index contributed by atoms with van der Waals surface area (Å²) >= 11 is 0. The summed E-state index contributed by atoms with van der Waals surface area (Å²) in [6.45, 7) is 3.07. The van der Waals surface area contributed by atoms with Crippen molar-refractivity contribution in [2.45, 2.75) is 19.9 Å². The summed E-state index contributed by atoms with van der Waals surface area (Å²) < 4.78 is 17.7. The first kappa shape index (κ1) is 14.9. The minimum atomic E-state index is -1.09. The van der Waals surface area contributed by atoms with E-state index >= 15 is 0 Å². The molecule has 0 heterocycles. The summed E-state index contributed by atoms with van der Waals surface area (Å²) in [7, 11) is 0. The van der Waals surface area contributed by atoms with Gasteiger partial charge in [0.05, 0.1) is 0 Å². The van der Waals surface area contributed by atoms with Gasteiger partial charge < -0.3 is 15.2 Å². The summed E-state index contributed by atoms with van der Waals surface area (Å²) in [6.07, 6.45) is 0. The van der Waals surface area contributed by atoms with Crippen LogP contribution >= 0.6 is 0 Å². The lowest BCUT2D eigenvalue weighted by Crippen LogP contribution is -2.46. The Morgan fingerprint density at radius 2 is 1.89 bits per heavy atom. The van der Waals surface area contributed by atoms with Gasteiger partial charge in [0.2, 0.25) is 0 Å². The number of carbonyl (C=O) groups is 2. The lowest BCUT2D eigenvalue weighted by atomic mass is 10.1. The molecule has 0 aliphatic heterocycles. The number of aliphatic carboxylic acids is 1. The van der Waals surface area contributed by atoms with Gasteiger partial charge in [-0.1, -0.05) is 13.8 Å². The van der Waals surface area contributed by atoms with Crippen molar-refractivity contribution in [3.8, 4) is 5.75 Å². The van der Waals surface area contributed by atoms with Gasteiger partial charge in [-0.2, -0.15) is 0 Å². The third kappa shape index (κ3) is 4.95. The molecule has 0 aliphatic carbocycles. The molecule has 1 amide bonds. The Bertz CT molecular complexity index is 444. The van der Waals surface area contributed by atoms with E-state index in [0.29, 0.717) is 5.75 Å². The Hall–Kier alpha value is -2.11. The van der Waals surface area contributed by atoms with Crippen LogP contribution in [-0.4, -0.2) is 29.6 Å². The molecule has 0 unspecified atom stereocenters. The maximum absolute atomic E-state index is 12.6. The van der Waals surface area contributed by atoms with Crippen molar-refractivity contribution in [3.05, 3.63) is 30.1 Å². The first-order valence-electron chi connectivity index (χ1n) is 5.80. The van der Waals surface area contributed by atoms with Gasteiger partial charge in [0.1, 0.15) is 17.6 Å². The van der Waals surface area contributed by atoms with Crippen LogP contribution in [0.25, 0.3) is 0 Å². The highest BCUT2D eigenvalue weighted by atomic mass is 19.1. The number of hydrogen-bond donors (Lipinski definition) is 2. The zero-order valence-electron chi connectivity index (χ0n) is 10.7. The number of halogens is 1. The van der Waals surface area contributed by atoms with Crippen molar-refractivity contribution in [1.29, 1.82) is 0 Å². The largest absolute Gasteiger partial charge is 0.484 e. The second kappa shape index (κ2) is 6.72. The van der Waals surface area contributed by atoms with Crippen LogP contribution in [0.1, 0.15) is 13.8 Å². The van der Waals surface area contributed by atoms with Crippen LogP contribution in [0.3, 0.4) is 0 Å². The molecule has 19 heavy (non-hydrogen) atoms. The molecule has 0 aromatic heterocycles. The monoisotopic (exact) mass is 269 g/mol. The molecule has 1 atom stereocenters. The summed E-state index contributed by atoms with van der Waals surface area (Å²) in [5.41, 5.74) is 0. The van der Waals surface area contributed by atoms with E-state index in [9.17, 15) is 14.0 Å². The fourth-order valence-corrected chi connectivity index (χ4v) is 1.41. The SMILES string of the molecule is CC(C)[C@H](NC(=O)COc1ccc(F)cc1)C(=O)O. The number of ether oxygens (including phenoxy) is 1. The predicted molar refractivity (Wildman–Crippen MR) is 66.3 cm³/mol. The van der Waals surface area contributed by atoms with Gasteiger partial charge in [-0.15, -0.1) is 0 Å². The molecular formula is C13H16FNO4. The van der Waals surface area contributed by atoms with E-state index in [1.165, 1.54) is 24.3 Å². The fraction of sp³-hybridized carbons (Fsp3) is 0.385. The third-order valence-electron chi connectivity index (χ3n) is 2.43. The molecule has 1 aromatic carbocycles. The van der Waals surface area contributed by atoms with Crippen LogP contribution in [0.5, 0.6) is 5.75 Å². The van der Waals surface area contributed by atoms with Crippen molar-refractivity contribution in [3.63, 3.8) is 0 Å². The molecule has 0 bridgehead atoms. The Kier molecular flexibility index (Phi) is 5.29. The van der Waals surface area contributed by atoms with Gasteiger partial charge in [-0.3, -0.25) is 4.79 Å². The molecule has 5 nitrogen and oxygen atoms in total. The standard InChI is InChI=1S/C13H16FNO4/c1-8(2)12(13(17)18)15-11(16)7-19-10-5-3-9(14)4-6-10/h3-6,8,12H,7H2,1-2H3,(H,15,16)(H,17,18)/t12-/m0/s1. The molecule has 0 saturated carbocycles. The molecule has 1 aromatic rings. The summed E-state index contributed by atoms with van der Waals surface area (Å²) in [6, 6.07) is 4.24. The third-order valence-corrected chi connectivity index (χ3v) is 2.43. The molecule has 2 N–H and O–H groups in total. The highest BCUT2D eigenvalue weighted by Crippen LogP contribution is 2.10. The van der Waals surface area contributed by atoms with E-state index in [-0.39, 0.29) is 12.5 Å².